The predicted molar refractivity (Wildman–Crippen MR) is 58.7 cm³/mol. The molecule has 0 bridgehead atoms. The van der Waals surface area contributed by atoms with Crippen molar-refractivity contribution < 1.29 is 17.9 Å². The molecule has 0 saturated carbocycles. The Morgan fingerprint density at radius 3 is 2.73 bits per heavy atom. The molecule has 1 heterocycles. The highest BCUT2D eigenvalue weighted by molar-refractivity contribution is 8.13. The van der Waals surface area contributed by atoms with Crippen LogP contribution >= 0.6 is 10.7 Å². The minimum Gasteiger partial charge on any atom is -0.379 e. The van der Waals surface area contributed by atoms with E-state index in [1.807, 2.05) is 0 Å². The number of hydrogen-bond acceptors (Lipinski definition) is 4. The van der Waals surface area contributed by atoms with Crippen molar-refractivity contribution in [2.45, 2.75) is 31.8 Å². The zero-order valence-electron chi connectivity index (χ0n) is 8.65. The Balaban J connectivity index is 1.89. The largest absolute Gasteiger partial charge is 0.379 e. The highest BCUT2D eigenvalue weighted by Gasteiger charge is 2.15. The summed E-state index contributed by atoms with van der Waals surface area (Å²) in [6, 6.07) is 0. The van der Waals surface area contributed by atoms with Gasteiger partial charge in [-0.2, -0.15) is 0 Å². The van der Waals surface area contributed by atoms with Crippen molar-refractivity contribution >= 4 is 19.7 Å². The third-order valence-corrected chi connectivity index (χ3v) is 3.51. The van der Waals surface area contributed by atoms with Crippen LogP contribution in [0.4, 0.5) is 0 Å². The molecule has 1 unspecified atom stereocenters. The van der Waals surface area contributed by atoms with Gasteiger partial charge in [0.1, 0.15) is 0 Å². The van der Waals surface area contributed by atoms with Crippen molar-refractivity contribution in [3.05, 3.63) is 0 Å². The van der Waals surface area contributed by atoms with Crippen LogP contribution in [0.5, 0.6) is 0 Å². The Morgan fingerprint density at radius 1 is 1.33 bits per heavy atom. The molecule has 1 rings (SSSR count). The molecule has 0 aromatic rings. The SMILES string of the molecule is O=S(=O)(Cl)CCCCCOC1CCOC1. The third-order valence-electron chi connectivity index (χ3n) is 2.27. The van der Waals surface area contributed by atoms with Gasteiger partial charge in [-0.05, 0) is 19.3 Å². The summed E-state index contributed by atoms with van der Waals surface area (Å²) in [6.45, 7) is 2.15. The molecule has 90 valence electrons. The molecule has 0 aromatic heterocycles. The Morgan fingerprint density at radius 2 is 2.13 bits per heavy atom. The molecule has 1 atom stereocenters. The summed E-state index contributed by atoms with van der Waals surface area (Å²) >= 11 is 0. The zero-order valence-corrected chi connectivity index (χ0v) is 10.2. The molecule has 6 heteroatoms. The molecule has 1 fully saturated rings. The van der Waals surface area contributed by atoms with E-state index >= 15 is 0 Å². The second-order valence-electron chi connectivity index (χ2n) is 3.66. The topological polar surface area (TPSA) is 52.6 Å². The van der Waals surface area contributed by atoms with Gasteiger partial charge in [-0.25, -0.2) is 8.42 Å². The summed E-state index contributed by atoms with van der Waals surface area (Å²) in [5, 5.41) is 0. The molecular formula is C9H17ClO4S. The lowest BCUT2D eigenvalue weighted by Gasteiger charge is -2.08. The number of rotatable bonds is 7. The van der Waals surface area contributed by atoms with Crippen LogP contribution in [-0.4, -0.2) is 40.1 Å². The van der Waals surface area contributed by atoms with Gasteiger partial charge in [0, 0.05) is 23.9 Å². The van der Waals surface area contributed by atoms with Crippen molar-refractivity contribution in [3.8, 4) is 0 Å². The third kappa shape index (κ3) is 7.11. The molecule has 0 spiro atoms. The van der Waals surface area contributed by atoms with Crippen LogP contribution in [0.15, 0.2) is 0 Å². The average Bonchev–Trinajstić information content (AvgIpc) is 2.61. The molecule has 4 nitrogen and oxygen atoms in total. The molecular weight excluding hydrogens is 240 g/mol. The maximum atomic E-state index is 10.6. The molecule has 0 amide bonds. The van der Waals surface area contributed by atoms with Gasteiger partial charge < -0.3 is 9.47 Å². The summed E-state index contributed by atoms with van der Waals surface area (Å²) in [5.74, 6) is 0.0566. The maximum absolute atomic E-state index is 10.6. The van der Waals surface area contributed by atoms with E-state index in [4.69, 9.17) is 20.2 Å². The lowest BCUT2D eigenvalue weighted by Crippen LogP contribution is -2.13. The fourth-order valence-corrected chi connectivity index (χ4v) is 2.32. The van der Waals surface area contributed by atoms with Gasteiger partial charge in [0.25, 0.3) is 0 Å². The van der Waals surface area contributed by atoms with Gasteiger partial charge >= 0.3 is 0 Å². The van der Waals surface area contributed by atoms with E-state index in [9.17, 15) is 8.42 Å². The van der Waals surface area contributed by atoms with Crippen molar-refractivity contribution in [1.29, 1.82) is 0 Å². The summed E-state index contributed by atoms with van der Waals surface area (Å²) in [4.78, 5) is 0. The van der Waals surface area contributed by atoms with Crippen LogP contribution in [-0.2, 0) is 18.5 Å². The summed E-state index contributed by atoms with van der Waals surface area (Å²) in [5.41, 5.74) is 0. The Labute approximate surface area is 95.3 Å². The lowest BCUT2D eigenvalue weighted by molar-refractivity contribution is 0.0407. The van der Waals surface area contributed by atoms with Gasteiger partial charge in [0.05, 0.1) is 18.5 Å². The first-order valence-corrected chi connectivity index (χ1v) is 7.67. The van der Waals surface area contributed by atoms with Crippen LogP contribution in [0.3, 0.4) is 0 Å². The molecule has 1 saturated heterocycles. The fourth-order valence-electron chi connectivity index (χ4n) is 1.45. The average molecular weight is 257 g/mol. The monoisotopic (exact) mass is 256 g/mol. The van der Waals surface area contributed by atoms with Crippen LogP contribution in [0.2, 0.25) is 0 Å². The first-order chi connectivity index (χ1) is 7.08. The Hall–Kier alpha value is 0.160. The van der Waals surface area contributed by atoms with E-state index in [0.717, 1.165) is 25.9 Å². The maximum Gasteiger partial charge on any atom is 0.232 e. The standard InChI is InChI=1S/C9H17ClO4S/c10-15(11,12)7-3-1-2-5-14-9-4-6-13-8-9/h9H,1-8H2. The highest BCUT2D eigenvalue weighted by atomic mass is 35.7. The second-order valence-corrected chi connectivity index (χ2v) is 6.56. The van der Waals surface area contributed by atoms with Crippen molar-refractivity contribution in [3.63, 3.8) is 0 Å². The number of unbranched alkanes of at least 4 members (excludes halogenated alkanes) is 2. The Bertz CT molecular complexity index is 259. The molecule has 1 aliphatic rings. The smallest absolute Gasteiger partial charge is 0.232 e. The molecule has 1 aliphatic heterocycles. The fraction of sp³-hybridized carbons (Fsp3) is 1.00. The van der Waals surface area contributed by atoms with Crippen molar-refractivity contribution in [1.82, 2.24) is 0 Å². The minimum absolute atomic E-state index is 0.0566. The quantitative estimate of drug-likeness (QED) is 0.512. The molecule has 0 aromatic carbocycles. The molecule has 0 radical (unpaired) electrons. The van der Waals surface area contributed by atoms with Gasteiger partial charge in [0.2, 0.25) is 9.05 Å². The van der Waals surface area contributed by atoms with Crippen molar-refractivity contribution in [2.75, 3.05) is 25.6 Å². The van der Waals surface area contributed by atoms with Gasteiger partial charge in [-0.1, -0.05) is 6.42 Å². The highest BCUT2D eigenvalue weighted by Crippen LogP contribution is 2.09. The normalized spacial score (nSPS) is 22.1. The Kier molecular flexibility index (Phi) is 5.89. The van der Waals surface area contributed by atoms with E-state index in [1.54, 1.807) is 0 Å². The number of ether oxygens (including phenoxy) is 2. The summed E-state index contributed by atoms with van der Waals surface area (Å²) in [6.07, 6.45) is 3.52. The van der Waals surface area contributed by atoms with Crippen LogP contribution in [0.25, 0.3) is 0 Å². The summed E-state index contributed by atoms with van der Waals surface area (Å²) in [7, 11) is 1.76. The van der Waals surface area contributed by atoms with Crippen molar-refractivity contribution in [2.24, 2.45) is 0 Å². The molecule has 15 heavy (non-hydrogen) atoms. The zero-order chi connectivity index (χ0) is 11.1. The first-order valence-electron chi connectivity index (χ1n) is 5.19. The van der Waals surface area contributed by atoms with E-state index in [2.05, 4.69) is 0 Å². The number of hydrogen-bond donors (Lipinski definition) is 0. The second kappa shape index (κ2) is 6.68. The predicted octanol–water partition coefficient (Wildman–Crippen LogP) is 1.53. The van der Waals surface area contributed by atoms with E-state index in [-0.39, 0.29) is 11.9 Å². The molecule has 0 aliphatic carbocycles. The minimum atomic E-state index is -3.32. The van der Waals surface area contributed by atoms with Gasteiger partial charge in [-0.3, -0.25) is 0 Å². The van der Waals surface area contributed by atoms with Gasteiger partial charge in [-0.15, -0.1) is 0 Å². The van der Waals surface area contributed by atoms with Crippen LogP contribution in [0, 0.1) is 0 Å². The van der Waals surface area contributed by atoms with E-state index < -0.39 is 9.05 Å². The van der Waals surface area contributed by atoms with Crippen LogP contribution < -0.4 is 0 Å². The first kappa shape index (κ1) is 13.2. The van der Waals surface area contributed by atoms with E-state index in [0.29, 0.717) is 19.6 Å². The summed E-state index contributed by atoms with van der Waals surface area (Å²) < 4.78 is 31.9. The van der Waals surface area contributed by atoms with E-state index in [1.165, 1.54) is 0 Å². The lowest BCUT2D eigenvalue weighted by atomic mass is 10.2. The van der Waals surface area contributed by atoms with Crippen LogP contribution in [0.1, 0.15) is 25.7 Å². The molecule has 0 N–H and O–H groups in total. The van der Waals surface area contributed by atoms with Gasteiger partial charge in [0.15, 0.2) is 0 Å². The number of halogens is 1.